The summed E-state index contributed by atoms with van der Waals surface area (Å²) in [7, 11) is 0. The van der Waals surface area contributed by atoms with Crippen LogP contribution in [0.5, 0.6) is 5.75 Å². The van der Waals surface area contributed by atoms with Gasteiger partial charge in [0.15, 0.2) is 0 Å². The van der Waals surface area contributed by atoms with Crippen LogP contribution in [0, 0.1) is 0 Å². The number of fused-ring (bicyclic) bond motifs is 2. The molecule has 0 aliphatic carbocycles. The monoisotopic (exact) mass is 383 g/mol. The first-order valence-electron chi connectivity index (χ1n) is 10.2. The number of carbonyl (C=O) groups excluding carboxylic acids is 2. The van der Waals surface area contributed by atoms with Gasteiger partial charge in [0.05, 0.1) is 11.2 Å². The molecular formula is C22H29N3O3. The van der Waals surface area contributed by atoms with E-state index in [0.29, 0.717) is 26.0 Å². The normalized spacial score (nSPS) is 26.7. The van der Waals surface area contributed by atoms with E-state index in [1.165, 1.54) is 5.56 Å². The number of hydrogen-bond donors (Lipinski definition) is 1. The predicted molar refractivity (Wildman–Crippen MR) is 109 cm³/mol. The standard InChI is InChI=1S/C22H29N3O3/c1-5-9-25-18-10-15-12-24(17-7-8-20(26)23-21(17)27)14(3)16(15)11-19(18)28-13-22(25,4)6-2/h10-11,17H,3,5-9,12-13H2,1-2,4H3,(H,23,26,27)/t17?,22-/m0/s1. The van der Waals surface area contributed by atoms with Gasteiger partial charge in [-0.05, 0) is 43.9 Å². The number of benzene rings is 1. The summed E-state index contributed by atoms with van der Waals surface area (Å²) in [6.07, 6.45) is 2.99. The molecule has 4 rings (SSSR count). The summed E-state index contributed by atoms with van der Waals surface area (Å²) in [5.74, 6) is 0.475. The number of anilines is 1. The van der Waals surface area contributed by atoms with Crippen molar-refractivity contribution >= 4 is 23.2 Å². The van der Waals surface area contributed by atoms with Gasteiger partial charge in [0.1, 0.15) is 18.4 Å². The van der Waals surface area contributed by atoms with Crippen molar-refractivity contribution in [3.8, 4) is 5.75 Å². The molecule has 6 heteroatoms. The van der Waals surface area contributed by atoms with E-state index in [0.717, 1.165) is 42.1 Å². The van der Waals surface area contributed by atoms with Crippen LogP contribution < -0.4 is 15.0 Å². The zero-order chi connectivity index (χ0) is 20.1. The molecule has 150 valence electrons. The van der Waals surface area contributed by atoms with Gasteiger partial charge in [-0.2, -0.15) is 0 Å². The minimum Gasteiger partial charge on any atom is -0.489 e. The molecule has 3 aliphatic rings. The highest BCUT2D eigenvalue weighted by molar-refractivity contribution is 6.01. The van der Waals surface area contributed by atoms with Gasteiger partial charge in [-0.1, -0.05) is 20.4 Å². The summed E-state index contributed by atoms with van der Waals surface area (Å²) in [5.41, 5.74) is 4.16. The average Bonchev–Trinajstić information content (AvgIpc) is 2.99. The van der Waals surface area contributed by atoms with Crippen molar-refractivity contribution < 1.29 is 14.3 Å². The van der Waals surface area contributed by atoms with Gasteiger partial charge in [0.2, 0.25) is 11.8 Å². The first kappa shape index (κ1) is 18.8. The molecule has 6 nitrogen and oxygen atoms in total. The zero-order valence-electron chi connectivity index (χ0n) is 17.0. The number of amides is 2. The summed E-state index contributed by atoms with van der Waals surface area (Å²) in [4.78, 5) is 28.4. The zero-order valence-corrected chi connectivity index (χ0v) is 17.0. The van der Waals surface area contributed by atoms with Gasteiger partial charge in [0, 0.05) is 30.8 Å². The van der Waals surface area contributed by atoms with Crippen molar-refractivity contribution in [2.75, 3.05) is 18.1 Å². The van der Waals surface area contributed by atoms with Crippen molar-refractivity contribution in [1.82, 2.24) is 10.2 Å². The van der Waals surface area contributed by atoms with Crippen molar-refractivity contribution in [2.24, 2.45) is 0 Å². The smallest absolute Gasteiger partial charge is 0.249 e. The third kappa shape index (κ3) is 2.86. The highest BCUT2D eigenvalue weighted by Crippen LogP contribution is 2.45. The second-order valence-electron chi connectivity index (χ2n) is 8.31. The quantitative estimate of drug-likeness (QED) is 0.810. The van der Waals surface area contributed by atoms with Crippen LogP contribution in [-0.4, -0.2) is 41.4 Å². The lowest BCUT2D eigenvalue weighted by Crippen LogP contribution is -2.53. The predicted octanol–water partition coefficient (Wildman–Crippen LogP) is 3.06. The number of nitrogens with one attached hydrogen (secondary N) is 1. The molecule has 28 heavy (non-hydrogen) atoms. The summed E-state index contributed by atoms with van der Waals surface area (Å²) < 4.78 is 6.17. The number of ether oxygens (including phenoxy) is 1. The van der Waals surface area contributed by atoms with Crippen LogP contribution >= 0.6 is 0 Å². The van der Waals surface area contributed by atoms with Gasteiger partial charge in [-0.25, -0.2) is 0 Å². The Morgan fingerprint density at radius 1 is 1.32 bits per heavy atom. The summed E-state index contributed by atoms with van der Waals surface area (Å²) in [5, 5.41) is 2.46. The van der Waals surface area contributed by atoms with Crippen molar-refractivity contribution in [2.45, 2.75) is 64.6 Å². The van der Waals surface area contributed by atoms with Crippen LogP contribution in [0.4, 0.5) is 5.69 Å². The second-order valence-corrected chi connectivity index (χ2v) is 8.31. The number of rotatable bonds is 4. The fourth-order valence-electron chi connectivity index (χ4n) is 4.56. The van der Waals surface area contributed by atoms with Crippen LogP contribution in [0.2, 0.25) is 0 Å². The maximum Gasteiger partial charge on any atom is 0.249 e. The molecule has 0 spiro atoms. The lowest BCUT2D eigenvalue weighted by molar-refractivity contribution is -0.136. The Labute approximate surface area is 166 Å². The minimum atomic E-state index is -0.344. The second kappa shape index (κ2) is 6.83. The van der Waals surface area contributed by atoms with Crippen molar-refractivity contribution in [3.05, 3.63) is 29.8 Å². The van der Waals surface area contributed by atoms with E-state index in [2.05, 4.69) is 49.7 Å². The molecule has 1 fully saturated rings. The summed E-state index contributed by atoms with van der Waals surface area (Å²) in [6.45, 7) is 13.2. The molecule has 0 saturated carbocycles. The molecule has 3 aliphatic heterocycles. The minimum absolute atomic E-state index is 0.0177. The van der Waals surface area contributed by atoms with E-state index < -0.39 is 0 Å². The molecule has 0 bridgehead atoms. The third-order valence-corrected chi connectivity index (χ3v) is 6.46. The number of hydrogen-bond acceptors (Lipinski definition) is 5. The number of imide groups is 1. The Hall–Kier alpha value is -2.50. The third-order valence-electron chi connectivity index (χ3n) is 6.46. The molecule has 0 aromatic heterocycles. The molecule has 1 saturated heterocycles. The topological polar surface area (TPSA) is 61.9 Å². The van der Waals surface area contributed by atoms with Crippen LogP contribution in [0.3, 0.4) is 0 Å². The SMILES string of the molecule is C=C1c2cc3c(cc2CN1C1CCC(=O)NC1=O)N(CCC)[C@@](C)(CC)CO3. The Morgan fingerprint density at radius 3 is 2.79 bits per heavy atom. The summed E-state index contributed by atoms with van der Waals surface area (Å²) >= 11 is 0. The van der Waals surface area contributed by atoms with Crippen LogP contribution in [0.1, 0.15) is 57.6 Å². The van der Waals surface area contributed by atoms with Crippen molar-refractivity contribution in [1.29, 1.82) is 0 Å². The maximum absolute atomic E-state index is 12.4. The highest BCUT2D eigenvalue weighted by Gasteiger charge is 2.40. The van der Waals surface area contributed by atoms with Gasteiger partial charge in [-0.3, -0.25) is 14.9 Å². The van der Waals surface area contributed by atoms with E-state index >= 15 is 0 Å². The molecule has 1 aromatic carbocycles. The molecule has 1 N–H and O–H groups in total. The van der Waals surface area contributed by atoms with E-state index in [-0.39, 0.29) is 23.4 Å². The maximum atomic E-state index is 12.4. The van der Waals surface area contributed by atoms with Gasteiger partial charge < -0.3 is 14.5 Å². The molecule has 0 radical (unpaired) electrons. The largest absolute Gasteiger partial charge is 0.489 e. The lowest BCUT2D eigenvalue weighted by atomic mass is 9.93. The lowest BCUT2D eigenvalue weighted by Gasteiger charge is -2.46. The fraction of sp³-hybridized carbons (Fsp3) is 0.545. The Balaban J connectivity index is 1.67. The fourth-order valence-corrected chi connectivity index (χ4v) is 4.56. The molecule has 1 aromatic rings. The first-order valence-corrected chi connectivity index (χ1v) is 10.2. The van der Waals surface area contributed by atoms with Crippen LogP contribution in [0.15, 0.2) is 18.7 Å². The van der Waals surface area contributed by atoms with E-state index in [1.54, 1.807) is 0 Å². The molecule has 2 amide bonds. The summed E-state index contributed by atoms with van der Waals surface area (Å²) in [6, 6.07) is 3.95. The van der Waals surface area contributed by atoms with E-state index in [9.17, 15) is 9.59 Å². The average molecular weight is 383 g/mol. The van der Waals surface area contributed by atoms with Crippen molar-refractivity contribution in [3.63, 3.8) is 0 Å². The van der Waals surface area contributed by atoms with E-state index in [4.69, 9.17) is 4.74 Å². The van der Waals surface area contributed by atoms with Crippen LogP contribution in [-0.2, 0) is 16.1 Å². The number of piperidine rings is 1. The first-order chi connectivity index (χ1) is 13.4. The van der Waals surface area contributed by atoms with Gasteiger partial charge >= 0.3 is 0 Å². The Bertz CT molecular complexity index is 850. The molecule has 2 atom stereocenters. The molecule has 1 unspecified atom stereocenters. The van der Waals surface area contributed by atoms with E-state index in [1.807, 2.05) is 4.90 Å². The number of carbonyl (C=O) groups is 2. The highest BCUT2D eigenvalue weighted by atomic mass is 16.5. The molecule has 3 heterocycles. The molecular weight excluding hydrogens is 354 g/mol. The van der Waals surface area contributed by atoms with Gasteiger partial charge in [-0.15, -0.1) is 0 Å². The van der Waals surface area contributed by atoms with Crippen LogP contribution in [0.25, 0.3) is 5.70 Å². The number of nitrogens with zero attached hydrogens (tertiary/aromatic N) is 2. The van der Waals surface area contributed by atoms with Gasteiger partial charge in [0.25, 0.3) is 0 Å². The Morgan fingerprint density at radius 2 is 2.11 bits per heavy atom. The Kier molecular flexibility index (Phi) is 4.60.